The van der Waals surface area contributed by atoms with Crippen molar-refractivity contribution in [3.63, 3.8) is 0 Å². The SMILES string of the molecule is Cc1nc2ccc(-c3cccc(S(N)(=O)=O)c3)cc2cc1O. The molecule has 0 bridgehead atoms. The Morgan fingerprint density at radius 3 is 2.50 bits per heavy atom. The summed E-state index contributed by atoms with van der Waals surface area (Å²) in [5.41, 5.74) is 2.88. The third-order valence-corrected chi connectivity index (χ3v) is 4.39. The average molecular weight is 314 g/mol. The van der Waals surface area contributed by atoms with E-state index in [1.807, 2.05) is 18.2 Å². The summed E-state index contributed by atoms with van der Waals surface area (Å²) >= 11 is 0. The van der Waals surface area contributed by atoms with Crippen molar-refractivity contribution < 1.29 is 13.5 Å². The molecule has 1 aromatic heterocycles. The number of sulfonamides is 1. The van der Waals surface area contributed by atoms with E-state index in [4.69, 9.17) is 5.14 Å². The van der Waals surface area contributed by atoms with Gasteiger partial charge in [0.15, 0.2) is 0 Å². The van der Waals surface area contributed by atoms with Gasteiger partial charge in [-0.05, 0) is 48.4 Å². The summed E-state index contributed by atoms with van der Waals surface area (Å²) in [7, 11) is -3.74. The van der Waals surface area contributed by atoms with Gasteiger partial charge < -0.3 is 5.11 Å². The number of primary sulfonamides is 1. The van der Waals surface area contributed by atoms with Gasteiger partial charge in [-0.3, -0.25) is 0 Å². The second kappa shape index (κ2) is 5.08. The minimum atomic E-state index is -3.74. The first-order valence-electron chi connectivity index (χ1n) is 6.58. The fraction of sp³-hybridized carbons (Fsp3) is 0.0625. The molecule has 0 radical (unpaired) electrons. The fourth-order valence-corrected chi connectivity index (χ4v) is 2.85. The van der Waals surface area contributed by atoms with E-state index in [1.54, 1.807) is 25.1 Å². The van der Waals surface area contributed by atoms with Crippen LogP contribution in [0.5, 0.6) is 5.75 Å². The number of hydrogen-bond donors (Lipinski definition) is 2. The van der Waals surface area contributed by atoms with Gasteiger partial charge in [0, 0.05) is 5.39 Å². The lowest BCUT2D eigenvalue weighted by Gasteiger charge is -2.07. The molecule has 3 aromatic rings. The first-order chi connectivity index (χ1) is 10.3. The molecular weight excluding hydrogens is 300 g/mol. The van der Waals surface area contributed by atoms with Crippen LogP contribution in [0.3, 0.4) is 0 Å². The number of benzene rings is 2. The van der Waals surface area contributed by atoms with Crippen LogP contribution in [0.4, 0.5) is 0 Å². The predicted octanol–water partition coefficient (Wildman–Crippen LogP) is 2.56. The first-order valence-corrected chi connectivity index (χ1v) is 8.13. The summed E-state index contributed by atoms with van der Waals surface area (Å²) in [6.07, 6.45) is 0. The van der Waals surface area contributed by atoms with E-state index >= 15 is 0 Å². The number of pyridine rings is 1. The molecule has 0 unspecified atom stereocenters. The largest absolute Gasteiger partial charge is 0.506 e. The minimum absolute atomic E-state index is 0.0648. The molecule has 22 heavy (non-hydrogen) atoms. The molecular formula is C16H14N2O3S. The number of rotatable bonds is 2. The highest BCUT2D eigenvalue weighted by Crippen LogP contribution is 2.28. The maximum Gasteiger partial charge on any atom is 0.238 e. The Balaban J connectivity index is 2.16. The number of nitrogens with two attached hydrogens (primary N) is 1. The normalized spacial score (nSPS) is 11.7. The van der Waals surface area contributed by atoms with Gasteiger partial charge in [-0.1, -0.05) is 18.2 Å². The van der Waals surface area contributed by atoms with Crippen LogP contribution in [0.25, 0.3) is 22.0 Å². The van der Waals surface area contributed by atoms with Crippen molar-refractivity contribution in [1.82, 2.24) is 4.98 Å². The fourth-order valence-electron chi connectivity index (χ4n) is 2.29. The van der Waals surface area contributed by atoms with Gasteiger partial charge in [0.2, 0.25) is 10.0 Å². The number of aromatic hydroxyl groups is 1. The van der Waals surface area contributed by atoms with Gasteiger partial charge in [-0.25, -0.2) is 18.5 Å². The third-order valence-electron chi connectivity index (χ3n) is 3.47. The third kappa shape index (κ3) is 2.66. The summed E-state index contributed by atoms with van der Waals surface area (Å²) in [6.45, 7) is 1.73. The monoisotopic (exact) mass is 314 g/mol. The number of aryl methyl sites for hydroxylation is 1. The highest BCUT2D eigenvalue weighted by Gasteiger charge is 2.10. The minimum Gasteiger partial charge on any atom is -0.506 e. The molecule has 112 valence electrons. The van der Waals surface area contributed by atoms with Crippen LogP contribution in [0, 0.1) is 6.92 Å². The molecule has 5 nitrogen and oxygen atoms in total. The van der Waals surface area contributed by atoms with Gasteiger partial charge in [0.05, 0.1) is 16.1 Å². The average Bonchev–Trinajstić information content (AvgIpc) is 2.47. The van der Waals surface area contributed by atoms with Crippen molar-refractivity contribution >= 4 is 20.9 Å². The van der Waals surface area contributed by atoms with Crippen LogP contribution in [-0.2, 0) is 10.0 Å². The number of fused-ring (bicyclic) bond motifs is 1. The molecule has 0 aliphatic heterocycles. The molecule has 0 aliphatic carbocycles. The van der Waals surface area contributed by atoms with Crippen molar-refractivity contribution in [2.75, 3.05) is 0 Å². The maximum absolute atomic E-state index is 11.4. The summed E-state index contributed by atoms with van der Waals surface area (Å²) in [5.74, 6) is 0.128. The molecule has 0 atom stereocenters. The van der Waals surface area contributed by atoms with E-state index < -0.39 is 10.0 Å². The summed E-state index contributed by atoms with van der Waals surface area (Å²) < 4.78 is 22.9. The lowest BCUT2D eigenvalue weighted by Crippen LogP contribution is -2.11. The molecule has 0 spiro atoms. The van der Waals surface area contributed by atoms with Gasteiger partial charge in [0.25, 0.3) is 0 Å². The molecule has 1 heterocycles. The van der Waals surface area contributed by atoms with E-state index in [0.29, 0.717) is 5.69 Å². The van der Waals surface area contributed by atoms with Crippen LogP contribution in [0.1, 0.15) is 5.69 Å². The van der Waals surface area contributed by atoms with Crippen molar-refractivity contribution in [2.24, 2.45) is 5.14 Å². The summed E-state index contributed by atoms with van der Waals surface area (Å²) in [4.78, 5) is 4.37. The zero-order chi connectivity index (χ0) is 15.9. The smallest absolute Gasteiger partial charge is 0.238 e. The molecule has 0 amide bonds. The van der Waals surface area contributed by atoms with Gasteiger partial charge >= 0.3 is 0 Å². The Hall–Kier alpha value is -2.44. The van der Waals surface area contributed by atoms with Crippen LogP contribution in [-0.4, -0.2) is 18.5 Å². The Labute approximate surface area is 128 Å². The van der Waals surface area contributed by atoms with Crippen molar-refractivity contribution in [3.05, 3.63) is 54.2 Å². The zero-order valence-corrected chi connectivity index (χ0v) is 12.6. The Morgan fingerprint density at radius 1 is 1.05 bits per heavy atom. The van der Waals surface area contributed by atoms with Crippen LogP contribution < -0.4 is 5.14 Å². The number of aromatic nitrogens is 1. The number of nitrogens with zero attached hydrogens (tertiary/aromatic N) is 1. The molecule has 0 saturated heterocycles. The van der Waals surface area contributed by atoms with E-state index in [0.717, 1.165) is 22.0 Å². The molecule has 3 rings (SSSR count). The van der Waals surface area contributed by atoms with E-state index in [1.165, 1.54) is 12.1 Å². The Morgan fingerprint density at radius 2 is 1.77 bits per heavy atom. The first kappa shape index (κ1) is 14.5. The second-order valence-electron chi connectivity index (χ2n) is 5.07. The molecule has 0 fully saturated rings. The van der Waals surface area contributed by atoms with Crippen LogP contribution in [0.2, 0.25) is 0 Å². The zero-order valence-electron chi connectivity index (χ0n) is 11.8. The molecule has 0 aliphatic rings. The Kier molecular flexibility index (Phi) is 3.35. The lowest BCUT2D eigenvalue weighted by molar-refractivity contribution is 0.469. The predicted molar refractivity (Wildman–Crippen MR) is 85.0 cm³/mol. The van der Waals surface area contributed by atoms with E-state index in [-0.39, 0.29) is 10.6 Å². The maximum atomic E-state index is 11.4. The van der Waals surface area contributed by atoms with E-state index in [9.17, 15) is 13.5 Å². The second-order valence-corrected chi connectivity index (χ2v) is 6.63. The highest BCUT2D eigenvalue weighted by molar-refractivity contribution is 7.89. The molecule has 0 saturated carbocycles. The Bertz CT molecular complexity index is 982. The van der Waals surface area contributed by atoms with Crippen molar-refractivity contribution in [3.8, 4) is 16.9 Å². The van der Waals surface area contributed by atoms with Crippen molar-refractivity contribution in [1.29, 1.82) is 0 Å². The summed E-state index contributed by atoms with van der Waals surface area (Å²) in [6, 6.07) is 13.6. The van der Waals surface area contributed by atoms with Crippen LogP contribution in [0.15, 0.2) is 53.4 Å². The molecule has 6 heteroatoms. The lowest BCUT2D eigenvalue weighted by atomic mass is 10.0. The number of hydrogen-bond acceptors (Lipinski definition) is 4. The van der Waals surface area contributed by atoms with Gasteiger partial charge in [0.1, 0.15) is 5.75 Å². The van der Waals surface area contributed by atoms with E-state index in [2.05, 4.69) is 4.98 Å². The van der Waals surface area contributed by atoms with Crippen molar-refractivity contribution in [2.45, 2.75) is 11.8 Å². The molecule has 3 N–H and O–H groups in total. The quantitative estimate of drug-likeness (QED) is 0.760. The summed E-state index contributed by atoms with van der Waals surface area (Å²) in [5, 5.41) is 15.7. The molecule has 2 aromatic carbocycles. The highest BCUT2D eigenvalue weighted by atomic mass is 32.2. The topological polar surface area (TPSA) is 93.3 Å². The van der Waals surface area contributed by atoms with Gasteiger partial charge in [-0.15, -0.1) is 0 Å². The standard InChI is InChI=1S/C16H14N2O3S/c1-10-16(19)9-13-7-12(5-6-15(13)18-10)11-3-2-4-14(8-11)22(17,20)21/h2-9,19H,1H3,(H2,17,20,21). The van der Waals surface area contributed by atoms with Crippen LogP contribution >= 0.6 is 0 Å². The van der Waals surface area contributed by atoms with Gasteiger partial charge in [-0.2, -0.15) is 0 Å².